The van der Waals surface area contributed by atoms with Crippen molar-refractivity contribution >= 4 is 8.46 Å². The third-order valence-corrected chi connectivity index (χ3v) is 4.05. The Labute approximate surface area is 104 Å². The van der Waals surface area contributed by atoms with Crippen molar-refractivity contribution in [3.63, 3.8) is 0 Å². The van der Waals surface area contributed by atoms with Crippen LogP contribution in [0.3, 0.4) is 0 Å². The fraction of sp³-hybridized carbons (Fsp3) is 0.200. The molecule has 0 saturated carbocycles. The van der Waals surface area contributed by atoms with E-state index in [4.69, 9.17) is 0 Å². The maximum atomic E-state index is 11.5. The second-order valence-corrected chi connectivity index (χ2v) is 5.37. The summed E-state index contributed by atoms with van der Waals surface area (Å²) in [5, 5.41) is 0. The highest BCUT2D eigenvalue weighted by molar-refractivity contribution is 7.24. The van der Waals surface area contributed by atoms with Gasteiger partial charge in [-0.2, -0.15) is 0 Å². The lowest BCUT2D eigenvalue weighted by Gasteiger charge is -2.12. The molecular weight excluding hydrogens is 227 g/mol. The second kappa shape index (κ2) is 5.33. The predicted molar refractivity (Wildman–Crippen MR) is 74.6 cm³/mol. The molecule has 1 nitrogen and oxygen atoms in total. The van der Waals surface area contributed by atoms with Crippen LogP contribution in [0.25, 0.3) is 0 Å². The van der Waals surface area contributed by atoms with Crippen LogP contribution >= 0.6 is 8.46 Å². The van der Waals surface area contributed by atoms with Crippen molar-refractivity contribution in [1.82, 2.24) is 0 Å². The van der Waals surface area contributed by atoms with Gasteiger partial charge < -0.3 is 4.57 Å². The molecule has 0 heterocycles. The number of benzene rings is 2. The Morgan fingerprint density at radius 1 is 0.765 bits per heavy atom. The van der Waals surface area contributed by atoms with Gasteiger partial charge in [0.2, 0.25) is 0 Å². The predicted octanol–water partition coefficient (Wildman–Crippen LogP) is 4.15. The van der Waals surface area contributed by atoms with E-state index in [0.717, 1.165) is 11.1 Å². The Balaban J connectivity index is 2.36. The van der Waals surface area contributed by atoms with E-state index in [0.29, 0.717) is 0 Å². The first-order chi connectivity index (χ1) is 8.20. The quantitative estimate of drug-likeness (QED) is 0.741. The highest BCUT2D eigenvalue weighted by atomic mass is 31.1. The monoisotopic (exact) mass is 244 g/mol. The molecule has 2 heteroatoms. The molecule has 17 heavy (non-hydrogen) atoms. The van der Waals surface area contributed by atoms with Gasteiger partial charge in [-0.05, 0) is 25.0 Å². The molecule has 2 aromatic carbocycles. The van der Waals surface area contributed by atoms with Crippen LogP contribution in [0.1, 0.15) is 27.9 Å². The summed E-state index contributed by atoms with van der Waals surface area (Å²) in [7, 11) is -0.848. The van der Waals surface area contributed by atoms with Gasteiger partial charge in [0, 0.05) is 0 Å². The average molecular weight is 244 g/mol. The summed E-state index contributed by atoms with van der Waals surface area (Å²) < 4.78 is 11.5. The van der Waals surface area contributed by atoms with Crippen molar-refractivity contribution in [2.75, 3.05) is 0 Å². The largest absolute Gasteiger partial charge is 0.329 e. The summed E-state index contributed by atoms with van der Waals surface area (Å²) in [5.41, 5.74) is 4.81. The summed E-state index contributed by atoms with van der Waals surface area (Å²) in [6, 6.07) is 16.6. The van der Waals surface area contributed by atoms with Crippen molar-refractivity contribution < 1.29 is 4.57 Å². The van der Waals surface area contributed by atoms with Gasteiger partial charge in [0.25, 0.3) is 0 Å². The van der Waals surface area contributed by atoms with E-state index in [2.05, 4.69) is 62.4 Å². The van der Waals surface area contributed by atoms with Gasteiger partial charge >= 0.3 is 0 Å². The van der Waals surface area contributed by atoms with E-state index >= 15 is 0 Å². The van der Waals surface area contributed by atoms with Gasteiger partial charge in [0.05, 0.1) is 14.1 Å². The molecule has 0 aliphatic carbocycles. The molecule has 0 aromatic heterocycles. The van der Waals surface area contributed by atoms with E-state index in [9.17, 15) is 4.57 Å². The lowest BCUT2D eigenvalue weighted by molar-refractivity contribution is 0.595. The molecule has 88 valence electrons. The Bertz CT molecular complexity index is 454. The minimum absolute atomic E-state index is 0.0520. The Hall–Kier alpha value is -1.33. The minimum Gasteiger partial charge on any atom is -0.329 e. The van der Waals surface area contributed by atoms with E-state index < -0.39 is 8.46 Å². The number of aryl methyl sites for hydroxylation is 2. The van der Waals surface area contributed by atoms with Crippen LogP contribution < -0.4 is 0 Å². The molecule has 2 aromatic rings. The van der Waals surface area contributed by atoms with Crippen LogP contribution in [0.4, 0.5) is 0 Å². The highest BCUT2D eigenvalue weighted by Crippen LogP contribution is 2.34. The minimum atomic E-state index is -0.848. The Morgan fingerprint density at radius 3 is 1.41 bits per heavy atom. The molecule has 0 spiro atoms. The van der Waals surface area contributed by atoms with E-state index in [1.54, 1.807) is 0 Å². The van der Waals surface area contributed by atoms with Gasteiger partial charge in [-0.25, -0.2) is 0 Å². The van der Waals surface area contributed by atoms with Gasteiger partial charge in [0.15, 0.2) is 0 Å². The summed E-state index contributed by atoms with van der Waals surface area (Å²) in [5.74, 6) is 0. The average Bonchev–Trinajstić information content (AvgIpc) is 2.35. The number of rotatable bonds is 3. The van der Waals surface area contributed by atoms with Crippen LogP contribution in [0.15, 0.2) is 48.5 Å². The maximum absolute atomic E-state index is 11.5. The molecule has 0 saturated heterocycles. The topological polar surface area (TPSA) is 17.1 Å². The van der Waals surface area contributed by atoms with Crippen molar-refractivity contribution in [3.05, 3.63) is 70.8 Å². The fourth-order valence-electron chi connectivity index (χ4n) is 1.90. The maximum Gasteiger partial charge on any atom is 0.0759 e. The molecule has 0 amide bonds. The summed E-state index contributed by atoms with van der Waals surface area (Å²) in [6.45, 7) is 4.13. The first-order valence-electron chi connectivity index (χ1n) is 5.79. The zero-order valence-electron chi connectivity index (χ0n) is 10.2. The molecule has 0 fully saturated rings. The first kappa shape index (κ1) is 12.1. The van der Waals surface area contributed by atoms with E-state index in [1.807, 2.05) is 0 Å². The smallest absolute Gasteiger partial charge is 0.0759 e. The van der Waals surface area contributed by atoms with Crippen LogP contribution in [0.2, 0.25) is 0 Å². The van der Waals surface area contributed by atoms with Crippen LogP contribution in [0.5, 0.6) is 0 Å². The van der Waals surface area contributed by atoms with E-state index in [-0.39, 0.29) is 5.66 Å². The Kier molecular flexibility index (Phi) is 3.81. The first-order valence-corrected chi connectivity index (χ1v) is 6.93. The molecule has 0 radical (unpaired) electrons. The molecule has 0 aliphatic heterocycles. The van der Waals surface area contributed by atoms with Crippen molar-refractivity contribution in [3.8, 4) is 0 Å². The Morgan fingerprint density at radius 2 is 1.12 bits per heavy atom. The zero-order chi connectivity index (χ0) is 12.3. The number of hydrogen-bond donors (Lipinski definition) is 0. The normalized spacial score (nSPS) is 11.5. The molecule has 0 N–H and O–H groups in total. The van der Waals surface area contributed by atoms with Gasteiger partial charge in [0.1, 0.15) is 0 Å². The van der Waals surface area contributed by atoms with Gasteiger partial charge in [-0.1, -0.05) is 59.7 Å². The summed E-state index contributed by atoms with van der Waals surface area (Å²) in [6.07, 6.45) is 0. The van der Waals surface area contributed by atoms with Crippen LogP contribution in [0, 0.1) is 13.8 Å². The lowest BCUT2D eigenvalue weighted by atomic mass is 10.0. The SMILES string of the molecule is Cc1ccc(C([PH2]=O)c2ccc(C)cc2)cc1. The second-order valence-electron chi connectivity index (χ2n) is 4.44. The molecular formula is C15H17OP. The zero-order valence-corrected chi connectivity index (χ0v) is 11.3. The molecule has 1 atom stereocenters. The molecule has 2 rings (SSSR count). The molecule has 0 bridgehead atoms. The third-order valence-electron chi connectivity index (χ3n) is 3.01. The summed E-state index contributed by atoms with van der Waals surface area (Å²) >= 11 is 0. The van der Waals surface area contributed by atoms with Crippen molar-refractivity contribution in [2.24, 2.45) is 0 Å². The van der Waals surface area contributed by atoms with E-state index in [1.165, 1.54) is 11.1 Å². The van der Waals surface area contributed by atoms with Crippen molar-refractivity contribution in [2.45, 2.75) is 19.5 Å². The van der Waals surface area contributed by atoms with Crippen molar-refractivity contribution in [1.29, 1.82) is 0 Å². The highest BCUT2D eigenvalue weighted by Gasteiger charge is 2.11. The van der Waals surface area contributed by atoms with Gasteiger partial charge in [-0.15, -0.1) is 0 Å². The van der Waals surface area contributed by atoms with Crippen LogP contribution in [-0.2, 0) is 4.57 Å². The molecule has 1 unspecified atom stereocenters. The summed E-state index contributed by atoms with van der Waals surface area (Å²) in [4.78, 5) is 0. The number of hydrogen-bond acceptors (Lipinski definition) is 1. The standard InChI is InChI=1S/C15H17OP/c1-11-3-7-13(8-4-11)15(17-16)14-9-5-12(2)6-10-14/h3-10,15H,17H2,1-2H3. The fourth-order valence-corrected chi connectivity index (χ4v) is 2.66. The molecule has 0 aliphatic rings. The van der Waals surface area contributed by atoms with Crippen LogP contribution in [-0.4, -0.2) is 0 Å². The third kappa shape index (κ3) is 2.87. The van der Waals surface area contributed by atoms with Gasteiger partial charge in [-0.3, -0.25) is 0 Å². The lowest BCUT2D eigenvalue weighted by Crippen LogP contribution is -1.93.